The maximum atomic E-state index is 12.8. The number of hydrogen-bond acceptors (Lipinski definition) is 4. The molecule has 0 aliphatic carbocycles. The molecule has 0 saturated heterocycles. The molecule has 2 heterocycles. The Morgan fingerprint density at radius 1 is 1.08 bits per heavy atom. The largest absolute Gasteiger partial charge is 0.496 e. The highest BCUT2D eigenvalue weighted by atomic mass is 16.5. The van der Waals surface area contributed by atoms with Gasteiger partial charge in [-0.05, 0) is 51.0 Å². The molecular weight excluding hydrogens is 314 g/mol. The molecule has 25 heavy (non-hydrogen) atoms. The highest BCUT2D eigenvalue weighted by Crippen LogP contribution is 2.41. The molecule has 2 aromatic carbocycles. The van der Waals surface area contributed by atoms with Gasteiger partial charge >= 0.3 is 5.63 Å². The molecule has 0 radical (unpaired) electrons. The molecule has 1 aromatic heterocycles. The summed E-state index contributed by atoms with van der Waals surface area (Å²) < 4.78 is 11.3. The lowest BCUT2D eigenvalue weighted by atomic mass is 9.88. The Labute approximate surface area is 146 Å². The summed E-state index contributed by atoms with van der Waals surface area (Å²) in [5, 5.41) is 5.79. The first-order chi connectivity index (χ1) is 11.8. The van der Waals surface area contributed by atoms with Crippen LogP contribution in [0.4, 0.5) is 5.69 Å². The van der Waals surface area contributed by atoms with Gasteiger partial charge < -0.3 is 14.5 Å². The van der Waals surface area contributed by atoms with Crippen molar-refractivity contribution in [1.29, 1.82) is 0 Å². The third-order valence-electron chi connectivity index (χ3n) is 4.83. The van der Waals surface area contributed by atoms with Crippen molar-refractivity contribution in [2.24, 2.45) is 0 Å². The van der Waals surface area contributed by atoms with Crippen molar-refractivity contribution < 1.29 is 9.15 Å². The molecule has 0 saturated carbocycles. The van der Waals surface area contributed by atoms with Crippen LogP contribution in [0.5, 0.6) is 5.75 Å². The quantitative estimate of drug-likeness (QED) is 0.509. The molecule has 128 valence electrons. The molecule has 4 nitrogen and oxygen atoms in total. The number of rotatable bonds is 1. The van der Waals surface area contributed by atoms with E-state index in [0.717, 1.165) is 38.9 Å². The second-order valence-electron chi connectivity index (χ2n) is 7.26. The highest BCUT2D eigenvalue weighted by molar-refractivity contribution is 6.13. The predicted octanol–water partition coefficient (Wildman–Crippen LogP) is 4.87. The van der Waals surface area contributed by atoms with Crippen molar-refractivity contribution in [3.63, 3.8) is 0 Å². The minimum absolute atomic E-state index is 0.157. The molecule has 1 aliphatic rings. The zero-order chi connectivity index (χ0) is 17.9. The summed E-state index contributed by atoms with van der Waals surface area (Å²) in [4.78, 5) is 12.8. The molecule has 0 atom stereocenters. The van der Waals surface area contributed by atoms with E-state index in [1.165, 1.54) is 0 Å². The van der Waals surface area contributed by atoms with Crippen LogP contribution in [0.25, 0.3) is 27.3 Å². The van der Waals surface area contributed by atoms with Gasteiger partial charge in [0.05, 0.1) is 23.4 Å². The normalized spacial score (nSPS) is 15.6. The Kier molecular flexibility index (Phi) is 3.23. The van der Waals surface area contributed by atoms with Crippen molar-refractivity contribution in [3.8, 4) is 5.75 Å². The Hall–Kier alpha value is -2.75. The van der Waals surface area contributed by atoms with Gasteiger partial charge in [-0.1, -0.05) is 18.2 Å². The third-order valence-corrected chi connectivity index (χ3v) is 4.83. The lowest BCUT2D eigenvalue weighted by Gasteiger charge is -2.32. The minimum Gasteiger partial charge on any atom is -0.496 e. The summed E-state index contributed by atoms with van der Waals surface area (Å²) in [6.45, 7) is 8.25. The first-order valence-corrected chi connectivity index (χ1v) is 8.37. The fraction of sp³-hybridized carbons (Fsp3) is 0.286. The van der Waals surface area contributed by atoms with Crippen LogP contribution in [0, 0.1) is 6.92 Å². The molecule has 1 aliphatic heterocycles. The van der Waals surface area contributed by atoms with E-state index in [2.05, 4.69) is 25.2 Å². The minimum atomic E-state index is -0.320. The van der Waals surface area contributed by atoms with Crippen molar-refractivity contribution in [3.05, 3.63) is 51.9 Å². The van der Waals surface area contributed by atoms with Crippen molar-refractivity contribution >= 4 is 33.0 Å². The number of nitrogens with one attached hydrogen (secondary N) is 1. The fourth-order valence-electron chi connectivity index (χ4n) is 3.96. The Balaban J connectivity index is 2.22. The Bertz CT molecular complexity index is 1120. The molecule has 0 spiro atoms. The molecule has 3 aromatic rings. The van der Waals surface area contributed by atoms with Gasteiger partial charge in [-0.3, -0.25) is 0 Å². The number of benzene rings is 2. The van der Waals surface area contributed by atoms with Crippen LogP contribution in [-0.4, -0.2) is 12.6 Å². The second kappa shape index (κ2) is 5.12. The third kappa shape index (κ3) is 2.24. The SMILES string of the molecule is COc1c(C)ccc2oc(=O)c3c4c(ccc3c12)NC(C)(C)C=C4C. The number of methoxy groups -OCH3 is 1. The number of fused-ring (bicyclic) bond motifs is 5. The van der Waals surface area contributed by atoms with E-state index >= 15 is 0 Å². The summed E-state index contributed by atoms with van der Waals surface area (Å²) in [7, 11) is 1.65. The molecule has 0 amide bonds. The molecule has 1 N–H and O–H groups in total. The van der Waals surface area contributed by atoms with Gasteiger partial charge in [0.2, 0.25) is 0 Å². The predicted molar refractivity (Wildman–Crippen MR) is 103 cm³/mol. The van der Waals surface area contributed by atoms with Gasteiger partial charge in [-0.2, -0.15) is 0 Å². The fourth-order valence-corrected chi connectivity index (χ4v) is 3.96. The Morgan fingerprint density at radius 3 is 2.56 bits per heavy atom. The average Bonchev–Trinajstić information content (AvgIpc) is 2.53. The van der Waals surface area contributed by atoms with E-state index in [0.29, 0.717) is 11.0 Å². The summed E-state index contributed by atoms with van der Waals surface area (Å²) in [6, 6.07) is 7.76. The summed E-state index contributed by atoms with van der Waals surface area (Å²) >= 11 is 0. The maximum absolute atomic E-state index is 12.8. The number of aryl methyl sites for hydroxylation is 1. The maximum Gasteiger partial charge on any atom is 0.344 e. The molecule has 0 bridgehead atoms. The van der Waals surface area contributed by atoms with Crippen LogP contribution in [0.3, 0.4) is 0 Å². The lowest BCUT2D eigenvalue weighted by Crippen LogP contribution is -2.31. The van der Waals surface area contributed by atoms with Gasteiger partial charge in [0.25, 0.3) is 0 Å². The molecular formula is C21H21NO3. The Morgan fingerprint density at radius 2 is 1.84 bits per heavy atom. The van der Waals surface area contributed by atoms with E-state index in [1.807, 2.05) is 38.1 Å². The van der Waals surface area contributed by atoms with Gasteiger partial charge in [-0.15, -0.1) is 0 Å². The topological polar surface area (TPSA) is 51.5 Å². The summed E-state index contributed by atoms with van der Waals surface area (Å²) in [5.41, 5.74) is 4.02. The van der Waals surface area contributed by atoms with Crippen molar-refractivity contribution in [1.82, 2.24) is 0 Å². The molecule has 0 unspecified atom stereocenters. The molecule has 4 rings (SSSR count). The number of anilines is 1. The van der Waals surface area contributed by atoms with Crippen LogP contribution in [-0.2, 0) is 0 Å². The van der Waals surface area contributed by atoms with E-state index in [4.69, 9.17) is 9.15 Å². The zero-order valence-corrected chi connectivity index (χ0v) is 15.1. The van der Waals surface area contributed by atoms with Crippen LogP contribution in [0.15, 0.2) is 39.6 Å². The van der Waals surface area contributed by atoms with Crippen molar-refractivity contribution in [2.45, 2.75) is 33.2 Å². The van der Waals surface area contributed by atoms with Gasteiger partial charge in [-0.25, -0.2) is 4.79 Å². The highest BCUT2D eigenvalue weighted by Gasteiger charge is 2.26. The van der Waals surface area contributed by atoms with Crippen molar-refractivity contribution in [2.75, 3.05) is 12.4 Å². The van der Waals surface area contributed by atoms with Crippen LogP contribution < -0.4 is 15.7 Å². The summed E-state index contributed by atoms with van der Waals surface area (Å²) in [5.74, 6) is 0.747. The van der Waals surface area contributed by atoms with Gasteiger partial charge in [0.1, 0.15) is 11.3 Å². The van der Waals surface area contributed by atoms with E-state index in [9.17, 15) is 4.79 Å². The number of allylic oxidation sites excluding steroid dienone is 1. The van der Waals surface area contributed by atoms with Crippen LogP contribution >= 0.6 is 0 Å². The van der Waals surface area contributed by atoms with E-state index in [-0.39, 0.29) is 11.2 Å². The van der Waals surface area contributed by atoms with Crippen LogP contribution in [0.2, 0.25) is 0 Å². The molecule has 4 heteroatoms. The van der Waals surface area contributed by atoms with Crippen LogP contribution in [0.1, 0.15) is 31.9 Å². The zero-order valence-electron chi connectivity index (χ0n) is 15.1. The van der Waals surface area contributed by atoms with E-state index in [1.54, 1.807) is 7.11 Å². The van der Waals surface area contributed by atoms with E-state index < -0.39 is 0 Å². The number of ether oxygens (including phenoxy) is 1. The summed E-state index contributed by atoms with van der Waals surface area (Å²) in [6.07, 6.45) is 2.14. The molecule has 0 fully saturated rings. The van der Waals surface area contributed by atoms with Gasteiger partial charge in [0, 0.05) is 16.6 Å². The standard InChI is InChI=1S/C21H21NO3/c1-11-6-9-15-17(19(11)24-5)13-7-8-14-16(18(13)20(23)25-15)12(2)10-21(3,4)22-14/h6-10,22H,1-5H3. The van der Waals surface area contributed by atoms with Gasteiger partial charge in [0.15, 0.2) is 0 Å². The second-order valence-corrected chi connectivity index (χ2v) is 7.26. The smallest absolute Gasteiger partial charge is 0.344 e. The first-order valence-electron chi connectivity index (χ1n) is 8.37. The lowest BCUT2D eigenvalue weighted by molar-refractivity contribution is 0.416. The first kappa shape index (κ1) is 15.8. The average molecular weight is 335 g/mol. The number of hydrogen-bond donors (Lipinski definition) is 1. The monoisotopic (exact) mass is 335 g/mol.